The second-order valence-electron chi connectivity index (χ2n) is 7.68. The first-order valence-electron chi connectivity index (χ1n) is 9.97. The fraction of sp³-hybridized carbons (Fsp3) is 0.174. The van der Waals surface area contributed by atoms with Gasteiger partial charge in [-0.3, -0.25) is 14.4 Å². The van der Waals surface area contributed by atoms with Gasteiger partial charge in [-0.15, -0.1) is 0 Å². The zero-order chi connectivity index (χ0) is 24.8. The van der Waals surface area contributed by atoms with Gasteiger partial charge < -0.3 is 15.2 Å². The van der Waals surface area contributed by atoms with Crippen molar-refractivity contribution in [1.29, 1.82) is 0 Å². The number of hydrogen-bond acceptors (Lipinski definition) is 3. The van der Waals surface area contributed by atoms with Crippen LogP contribution in [0.4, 0.5) is 28.9 Å². The van der Waals surface area contributed by atoms with Crippen molar-refractivity contribution in [2.45, 2.75) is 19.0 Å². The number of nitrogens with one attached hydrogen (secondary N) is 2. The van der Waals surface area contributed by atoms with Crippen molar-refractivity contribution in [2.75, 3.05) is 16.8 Å². The largest absolute Gasteiger partial charge is 0.431 e. The van der Waals surface area contributed by atoms with Gasteiger partial charge in [-0.2, -0.15) is 13.2 Å². The van der Waals surface area contributed by atoms with Crippen LogP contribution in [0.2, 0.25) is 5.02 Å². The van der Waals surface area contributed by atoms with E-state index < -0.39 is 47.5 Å². The van der Waals surface area contributed by atoms with Gasteiger partial charge in [0.25, 0.3) is 5.56 Å². The summed E-state index contributed by atoms with van der Waals surface area (Å²) in [6.45, 7) is 0.820. The SMILES string of the molecule is C[C@@H]1C(=O)N(CC(=O)Nc2ccc(Cl)c(F)c2)c2cc(C(F)(F)F)[nH]c(=O)c2-c2ccccc21. The number of benzene rings is 2. The summed E-state index contributed by atoms with van der Waals surface area (Å²) in [5.41, 5.74) is -2.17. The van der Waals surface area contributed by atoms with Crippen molar-refractivity contribution in [2.24, 2.45) is 0 Å². The number of nitrogens with zero attached hydrogens (tertiary/aromatic N) is 1. The maximum Gasteiger partial charge on any atom is 0.431 e. The summed E-state index contributed by atoms with van der Waals surface area (Å²) in [5, 5.41) is 2.22. The number of aromatic amines is 1. The van der Waals surface area contributed by atoms with Crippen LogP contribution in [0.5, 0.6) is 0 Å². The Morgan fingerprint density at radius 1 is 1.15 bits per heavy atom. The predicted octanol–water partition coefficient (Wildman–Crippen LogP) is 4.94. The normalized spacial score (nSPS) is 15.4. The summed E-state index contributed by atoms with van der Waals surface area (Å²) in [5.74, 6) is -3.14. The summed E-state index contributed by atoms with van der Waals surface area (Å²) in [7, 11) is 0. The monoisotopic (exact) mass is 493 g/mol. The summed E-state index contributed by atoms with van der Waals surface area (Å²) < 4.78 is 54.1. The molecule has 1 aliphatic heterocycles. The molecule has 0 saturated heterocycles. The molecule has 0 radical (unpaired) electrons. The van der Waals surface area contributed by atoms with Gasteiger partial charge >= 0.3 is 6.18 Å². The number of halogens is 5. The Balaban J connectivity index is 1.82. The van der Waals surface area contributed by atoms with E-state index in [4.69, 9.17) is 11.6 Å². The molecule has 2 aromatic carbocycles. The molecule has 1 aliphatic rings. The molecule has 34 heavy (non-hydrogen) atoms. The van der Waals surface area contributed by atoms with Crippen molar-refractivity contribution in [3.63, 3.8) is 0 Å². The van der Waals surface area contributed by atoms with Gasteiger partial charge in [0.15, 0.2) is 0 Å². The summed E-state index contributed by atoms with van der Waals surface area (Å²) in [6.07, 6.45) is -4.90. The van der Waals surface area contributed by atoms with E-state index in [0.29, 0.717) is 11.6 Å². The van der Waals surface area contributed by atoms with Gasteiger partial charge in [-0.25, -0.2) is 4.39 Å². The molecule has 0 spiro atoms. The van der Waals surface area contributed by atoms with Gasteiger partial charge in [-0.05, 0) is 42.3 Å². The van der Waals surface area contributed by atoms with Gasteiger partial charge in [0.1, 0.15) is 18.1 Å². The number of hydrogen-bond donors (Lipinski definition) is 2. The highest BCUT2D eigenvalue weighted by Gasteiger charge is 2.38. The topological polar surface area (TPSA) is 82.3 Å². The van der Waals surface area contributed by atoms with E-state index in [1.54, 1.807) is 18.2 Å². The molecule has 0 unspecified atom stereocenters. The van der Waals surface area contributed by atoms with Crippen LogP contribution < -0.4 is 15.8 Å². The number of aromatic nitrogens is 1. The minimum absolute atomic E-state index is 0.0348. The maximum absolute atomic E-state index is 13.7. The van der Waals surface area contributed by atoms with E-state index in [-0.39, 0.29) is 27.5 Å². The first-order valence-corrected chi connectivity index (χ1v) is 10.3. The van der Waals surface area contributed by atoms with Crippen molar-refractivity contribution in [3.05, 3.63) is 81.0 Å². The Hall–Kier alpha value is -3.66. The van der Waals surface area contributed by atoms with Crippen molar-refractivity contribution in [1.82, 2.24) is 4.98 Å². The van der Waals surface area contributed by atoms with Crippen LogP contribution in [-0.4, -0.2) is 23.3 Å². The number of rotatable bonds is 3. The molecule has 2 heterocycles. The molecule has 0 saturated carbocycles. The summed E-state index contributed by atoms with van der Waals surface area (Å²) in [6, 6.07) is 10.5. The molecule has 1 aromatic heterocycles. The van der Waals surface area contributed by atoms with Gasteiger partial charge in [0.2, 0.25) is 11.8 Å². The van der Waals surface area contributed by atoms with Crippen LogP contribution in [-0.2, 0) is 15.8 Å². The standard InChI is InChI=1S/C23H16ClF4N3O3/c1-11-13-4-2-3-5-14(13)20-17(9-18(23(26,27)28)30-21(20)33)31(22(11)34)10-19(32)29-12-6-7-15(24)16(25)8-12/h2-9,11H,10H2,1H3,(H,29,32)(H,30,33)/t11-/m0/s1. The molecule has 0 aliphatic carbocycles. The molecule has 3 aromatic rings. The molecule has 2 amide bonds. The lowest BCUT2D eigenvalue weighted by atomic mass is 9.93. The Kier molecular flexibility index (Phi) is 5.94. The molecule has 1 atom stereocenters. The summed E-state index contributed by atoms with van der Waals surface area (Å²) in [4.78, 5) is 41.5. The maximum atomic E-state index is 13.7. The first kappa shape index (κ1) is 23.5. The lowest BCUT2D eigenvalue weighted by Gasteiger charge is -2.25. The fourth-order valence-corrected chi connectivity index (χ4v) is 3.96. The number of carbonyl (C=O) groups is 2. The molecule has 0 bridgehead atoms. The average Bonchev–Trinajstić information content (AvgIpc) is 2.85. The Labute approximate surface area is 195 Å². The van der Waals surface area contributed by atoms with Crippen LogP contribution >= 0.6 is 11.6 Å². The number of fused-ring (bicyclic) bond motifs is 3. The molecule has 2 N–H and O–H groups in total. The van der Waals surface area contributed by atoms with Crippen molar-refractivity contribution in [3.8, 4) is 11.1 Å². The van der Waals surface area contributed by atoms with Gasteiger partial charge in [-0.1, -0.05) is 35.9 Å². The van der Waals surface area contributed by atoms with Crippen LogP contribution in [0.25, 0.3) is 11.1 Å². The minimum Gasteiger partial charge on any atom is -0.324 e. The van der Waals surface area contributed by atoms with Crippen molar-refractivity contribution < 1.29 is 27.2 Å². The van der Waals surface area contributed by atoms with E-state index in [1.807, 2.05) is 4.98 Å². The van der Waals surface area contributed by atoms with Crippen LogP contribution in [0.15, 0.2) is 53.3 Å². The Morgan fingerprint density at radius 2 is 1.85 bits per heavy atom. The molecular formula is C23H16ClF4N3O3. The van der Waals surface area contributed by atoms with Gasteiger partial charge in [0.05, 0.1) is 22.2 Å². The van der Waals surface area contributed by atoms with Crippen LogP contribution in [0.1, 0.15) is 24.1 Å². The molecular weight excluding hydrogens is 478 g/mol. The quantitative estimate of drug-likeness (QED) is 0.507. The minimum atomic E-state index is -4.90. The van der Waals surface area contributed by atoms with Gasteiger partial charge in [0, 0.05) is 5.69 Å². The second kappa shape index (κ2) is 8.60. The molecule has 6 nitrogen and oxygen atoms in total. The van der Waals surface area contributed by atoms with E-state index in [9.17, 15) is 31.9 Å². The zero-order valence-electron chi connectivity index (χ0n) is 17.5. The third-order valence-corrected chi connectivity index (χ3v) is 5.75. The fourth-order valence-electron chi connectivity index (χ4n) is 3.84. The predicted molar refractivity (Wildman–Crippen MR) is 118 cm³/mol. The first-order chi connectivity index (χ1) is 16.0. The summed E-state index contributed by atoms with van der Waals surface area (Å²) >= 11 is 5.63. The molecule has 4 rings (SSSR count). The zero-order valence-corrected chi connectivity index (χ0v) is 18.2. The highest BCUT2D eigenvalue weighted by Crippen LogP contribution is 2.40. The second-order valence-corrected chi connectivity index (χ2v) is 8.09. The highest BCUT2D eigenvalue weighted by atomic mass is 35.5. The number of H-pyrrole nitrogens is 1. The van der Waals surface area contributed by atoms with Crippen molar-refractivity contribution >= 4 is 34.8 Å². The third-order valence-electron chi connectivity index (χ3n) is 5.45. The number of carbonyl (C=O) groups excluding carboxylic acids is 2. The number of amides is 2. The van der Waals surface area contributed by atoms with Crippen LogP contribution in [0, 0.1) is 5.82 Å². The lowest BCUT2D eigenvalue weighted by molar-refractivity contribution is -0.141. The third kappa shape index (κ3) is 4.28. The Morgan fingerprint density at radius 3 is 2.53 bits per heavy atom. The van der Waals surface area contributed by atoms with E-state index in [0.717, 1.165) is 11.0 Å². The van der Waals surface area contributed by atoms with E-state index in [1.165, 1.54) is 25.1 Å². The number of anilines is 2. The van der Waals surface area contributed by atoms with E-state index >= 15 is 0 Å². The lowest BCUT2D eigenvalue weighted by Crippen LogP contribution is -2.40. The smallest absolute Gasteiger partial charge is 0.324 e. The number of pyridine rings is 1. The highest BCUT2D eigenvalue weighted by molar-refractivity contribution is 6.30. The average molecular weight is 494 g/mol. The Bertz CT molecular complexity index is 1370. The molecule has 11 heteroatoms. The number of alkyl halides is 3. The van der Waals surface area contributed by atoms with Crippen LogP contribution in [0.3, 0.4) is 0 Å². The molecule has 176 valence electrons. The molecule has 0 fully saturated rings. The van der Waals surface area contributed by atoms with E-state index in [2.05, 4.69) is 5.32 Å².